The van der Waals surface area contributed by atoms with Gasteiger partial charge in [-0.05, 0) is 43.5 Å². The zero-order valence-corrected chi connectivity index (χ0v) is 12.8. The van der Waals surface area contributed by atoms with Crippen LogP contribution in [0.2, 0.25) is 0 Å². The third-order valence-electron chi connectivity index (χ3n) is 4.16. The van der Waals surface area contributed by atoms with Crippen molar-refractivity contribution in [3.05, 3.63) is 23.8 Å². The van der Waals surface area contributed by atoms with Gasteiger partial charge in [-0.25, -0.2) is 0 Å². The van der Waals surface area contributed by atoms with Gasteiger partial charge >= 0.3 is 5.97 Å². The molecule has 1 aromatic rings. The van der Waals surface area contributed by atoms with Crippen molar-refractivity contribution in [2.75, 3.05) is 20.8 Å². The number of benzene rings is 1. The minimum atomic E-state index is -0.730. The second kappa shape index (κ2) is 6.80. The molecule has 1 saturated heterocycles. The molecule has 0 spiro atoms. The Labute approximate surface area is 125 Å². The Morgan fingerprint density at radius 3 is 2.67 bits per heavy atom. The van der Waals surface area contributed by atoms with E-state index in [1.165, 1.54) is 0 Å². The molecule has 1 fully saturated rings. The Morgan fingerprint density at radius 2 is 2.10 bits per heavy atom. The van der Waals surface area contributed by atoms with Crippen LogP contribution in [-0.2, 0) is 4.79 Å². The van der Waals surface area contributed by atoms with Crippen LogP contribution in [0.25, 0.3) is 0 Å². The third-order valence-corrected chi connectivity index (χ3v) is 4.16. The van der Waals surface area contributed by atoms with Gasteiger partial charge in [0.25, 0.3) is 0 Å². The first kappa shape index (κ1) is 15.6. The summed E-state index contributed by atoms with van der Waals surface area (Å²) in [5.74, 6) is 0.637. The van der Waals surface area contributed by atoms with Gasteiger partial charge in [-0.1, -0.05) is 13.0 Å². The van der Waals surface area contributed by atoms with Crippen LogP contribution in [-0.4, -0.2) is 42.8 Å². The van der Waals surface area contributed by atoms with Crippen LogP contribution < -0.4 is 9.47 Å². The van der Waals surface area contributed by atoms with E-state index in [1.807, 2.05) is 18.2 Å². The predicted octanol–water partition coefficient (Wildman–Crippen LogP) is 2.70. The lowest BCUT2D eigenvalue weighted by atomic mass is 10.0. The van der Waals surface area contributed by atoms with E-state index in [4.69, 9.17) is 9.47 Å². The fourth-order valence-corrected chi connectivity index (χ4v) is 3.15. The van der Waals surface area contributed by atoms with Crippen molar-refractivity contribution in [2.45, 2.75) is 38.3 Å². The Balaban J connectivity index is 2.31. The van der Waals surface area contributed by atoms with Gasteiger partial charge in [-0.15, -0.1) is 0 Å². The van der Waals surface area contributed by atoms with Crippen molar-refractivity contribution in [3.63, 3.8) is 0 Å². The van der Waals surface area contributed by atoms with Crippen LogP contribution in [0.1, 0.15) is 37.8 Å². The molecule has 21 heavy (non-hydrogen) atoms. The predicted molar refractivity (Wildman–Crippen MR) is 79.9 cm³/mol. The highest BCUT2D eigenvalue weighted by Crippen LogP contribution is 2.36. The van der Waals surface area contributed by atoms with Gasteiger partial charge in [0.15, 0.2) is 11.5 Å². The minimum Gasteiger partial charge on any atom is -0.493 e. The molecule has 0 aromatic heterocycles. The highest BCUT2D eigenvalue weighted by atomic mass is 16.5. The van der Waals surface area contributed by atoms with Crippen LogP contribution in [0, 0.1) is 0 Å². The van der Waals surface area contributed by atoms with Crippen LogP contribution >= 0.6 is 0 Å². The Hall–Kier alpha value is -1.75. The SMILES string of the molecule is CCC(c1ccc(OC)c(OC)c1)N1CCCC1C(=O)O. The Kier molecular flexibility index (Phi) is 5.07. The molecule has 1 aromatic carbocycles. The van der Waals surface area contributed by atoms with Gasteiger partial charge in [-0.3, -0.25) is 9.69 Å². The van der Waals surface area contributed by atoms with E-state index in [1.54, 1.807) is 14.2 Å². The number of hydrogen-bond donors (Lipinski definition) is 1. The lowest BCUT2D eigenvalue weighted by Crippen LogP contribution is -2.38. The number of carboxylic acids is 1. The summed E-state index contributed by atoms with van der Waals surface area (Å²) in [5.41, 5.74) is 1.07. The van der Waals surface area contributed by atoms with Crippen molar-refractivity contribution >= 4 is 5.97 Å². The fraction of sp³-hybridized carbons (Fsp3) is 0.562. The second-order valence-electron chi connectivity index (χ2n) is 5.27. The first-order chi connectivity index (χ1) is 10.1. The topological polar surface area (TPSA) is 59.0 Å². The summed E-state index contributed by atoms with van der Waals surface area (Å²) in [6.45, 7) is 2.91. The van der Waals surface area contributed by atoms with Crippen molar-refractivity contribution in [2.24, 2.45) is 0 Å². The highest BCUT2D eigenvalue weighted by molar-refractivity contribution is 5.74. The average molecular weight is 293 g/mol. The standard InChI is InChI=1S/C16H23NO4/c1-4-12(17-9-5-6-13(17)16(18)19)11-7-8-14(20-2)15(10-11)21-3/h7-8,10,12-13H,4-6,9H2,1-3H3,(H,18,19). The number of rotatable bonds is 6. The zero-order valence-electron chi connectivity index (χ0n) is 12.8. The number of likely N-dealkylation sites (tertiary alicyclic amines) is 1. The van der Waals surface area contributed by atoms with Crippen LogP contribution in [0.3, 0.4) is 0 Å². The zero-order chi connectivity index (χ0) is 15.4. The van der Waals surface area contributed by atoms with Crippen molar-refractivity contribution in [1.29, 1.82) is 0 Å². The molecule has 5 nitrogen and oxygen atoms in total. The number of methoxy groups -OCH3 is 2. The van der Waals surface area contributed by atoms with E-state index in [0.717, 1.165) is 31.4 Å². The normalized spacial score (nSPS) is 20.2. The summed E-state index contributed by atoms with van der Waals surface area (Å²) in [7, 11) is 3.22. The molecule has 1 N–H and O–H groups in total. The summed E-state index contributed by atoms with van der Waals surface area (Å²) in [4.78, 5) is 13.5. The molecule has 1 aliphatic heterocycles. The summed E-state index contributed by atoms with van der Waals surface area (Å²) in [6.07, 6.45) is 2.51. The van der Waals surface area contributed by atoms with Gasteiger partial charge in [0, 0.05) is 6.04 Å². The largest absolute Gasteiger partial charge is 0.493 e. The van der Waals surface area contributed by atoms with E-state index in [-0.39, 0.29) is 12.1 Å². The maximum absolute atomic E-state index is 11.4. The van der Waals surface area contributed by atoms with Crippen molar-refractivity contribution < 1.29 is 19.4 Å². The minimum absolute atomic E-state index is 0.0911. The molecule has 0 saturated carbocycles. The molecule has 5 heteroatoms. The molecular weight excluding hydrogens is 270 g/mol. The molecule has 116 valence electrons. The van der Waals surface area contributed by atoms with Gasteiger partial charge < -0.3 is 14.6 Å². The maximum atomic E-state index is 11.4. The summed E-state index contributed by atoms with van der Waals surface area (Å²) < 4.78 is 10.6. The Bertz CT molecular complexity index is 503. The van der Waals surface area contributed by atoms with E-state index in [0.29, 0.717) is 11.5 Å². The van der Waals surface area contributed by atoms with E-state index in [2.05, 4.69) is 11.8 Å². The number of aliphatic carboxylic acids is 1. The summed E-state index contributed by atoms with van der Waals surface area (Å²) in [5, 5.41) is 9.37. The first-order valence-electron chi connectivity index (χ1n) is 7.32. The monoisotopic (exact) mass is 293 g/mol. The highest BCUT2D eigenvalue weighted by Gasteiger charge is 2.35. The summed E-state index contributed by atoms with van der Waals surface area (Å²) in [6, 6.07) is 5.52. The molecule has 0 aliphatic carbocycles. The molecule has 2 unspecified atom stereocenters. The van der Waals surface area contributed by atoms with Crippen LogP contribution in [0.5, 0.6) is 11.5 Å². The third kappa shape index (κ3) is 3.13. The van der Waals surface area contributed by atoms with E-state index >= 15 is 0 Å². The number of carbonyl (C=O) groups is 1. The summed E-state index contributed by atoms with van der Waals surface area (Å²) >= 11 is 0. The molecule has 2 rings (SSSR count). The van der Waals surface area contributed by atoms with Gasteiger partial charge in [0.1, 0.15) is 6.04 Å². The molecule has 1 aliphatic rings. The smallest absolute Gasteiger partial charge is 0.320 e. The van der Waals surface area contributed by atoms with Gasteiger partial charge in [-0.2, -0.15) is 0 Å². The van der Waals surface area contributed by atoms with Gasteiger partial charge in [0.05, 0.1) is 14.2 Å². The Morgan fingerprint density at radius 1 is 1.38 bits per heavy atom. The number of nitrogens with zero attached hydrogens (tertiary/aromatic N) is 1. The fourth-order valence-electron chi connectivity index (χ4n) is 3.15. The van der Waals surface area contributed by atoms with Crippen molar-refractivity contribution in [1.82, 2.24) is 4.90 Å². The molecule has 0 radical (unpaired) electrons. The molecule has 0 bridgehead atoms. The quantitative estimate of drug-likeness (QED) is 0.874. The van der Waals surface area contributed by atoms with Crippen LogP contribution in [0.4, 0.5) is 0 Å². The van der Waals surface area contributed by atoms with Gasteiger partial charge in [0.2, 0.25) is 0 Å². The number of hydrogen-bond acceptors (Lipinski definition) is 4. The molecule has 1 heterocycles. The molecule has 2 atom stereocenters. The second-order valence-corrected chi connectivity index (χ2v) is 5.27. The van der Waals surface area contributed by atoms with Crippen LogP contribution in [0.15, 0.2) is 18.2 Å². The lowest BCUT2D eigenvalue weighted by Gasteiger charge is -2.31. The van der Waals surface area contributed by atoms with Crippen molar-refractivity contribution in [3.8, 4) is 11.5 Å². The maximum Gasteiger partial charge on any atom is 0.320 e. The lowest BCUT2D eigenvalue weighted by molar-refractivity contribution is -0.143. The average Bonchev–Trinajstić information content (AvgIpc) is 2.97. The number of carboxylic acid groups (broad SMARTS) is 1. The van der Waals surface area contributed by atoms with E-state index in [9.17, 15) is 9.90 Å². The molecule has 0 amide bonds. The molecular formula is C16H23NO4. The van der Waals surface area contributed by atoms with E-state index < -0.39 is 5.97 Å². The number of ether oxygens (including phenoxy) is 2. The first-order valence-corrected chi connectivity index (χ1v) is 7.32.